The molecule has 1 heterocycles. The highest BCUT2D eigenvalue weighted by Gasteiger charge is 2.35. The van der Waals surface area contributed by atoms with Gasteiger partial charge in [-0.1, -0.05) is 12.8 Å². The van der Waals surface area contributed by atoms with Crippen LogP contribution in [0.2, 0.25) is 0 Å². The molecule has 0 radical (unpaired) electrons. The van der Waals surface area contributed by atoms with Crippen molar-refractivity contribution >= 4 is 0 Å². The predicted molar refractivity (Wildman–Crippen MR) is 64.2 cm³/mol. The molecular weight excluding hydrogens is 202 g/mol. The summed E-state index contributed by atoms with van der Waals surface area (Å²) in [6.45, 7) is 3.88. The van der Waals surface area contributed by atoms with E-state index in [-0.39, 0.29) is 5.41 Å². The van der Waals surface area contributed by atoms with Crippen molar-refractivity contribution < 1.29 is 10.2 Å². The molecule has 0 bridgehead atoms. The summed E-state index contributed by atoms with van der Waals surface area (Å²) in [5.74, 6) is 0.464. The average molecular weight is 227 g/mol. The van der Waals surface area contributed by atoms with Crippen LogP contribution in [0.5, 0.6) is 0 Å². The van der Waals surface area contributed by atoms with Crippen molar-refractivity contribution in [3.8, 4) is 0 Å². The Morgan fingerprint density at radius 1 is 1.12 bits per heavy atom. The van der Waals surface area contributed by atoms with E-state index in [0.29, 0.717) is 19.1 Å². The number of aliphatic hydroxyl groups excluding tert-OH is 2. The monoisotopic (exact) mass is 227 g/mol. The van der Waals surface area contributed by atoms with E-state index in [2.05, 4.69) is 4.90 Å². The summed E-state index contributed by atoms with van der Waals surface area (Å²) in [6.07, 6.45) is 7.29. The smallest absolute Gasteiger partial charge is 0.0499 e. The van der Waals surface area contributed by atoms with Gasteiger partial charge in [0.2, 0.25) is 0 Å². The Balaban J connectivity index is 1.87. The maximum Gasteiger partial charge on any atom is 0.0499 e. The van der Waals surface area contributed by atoms with Crippen LogP contribution in [0.4, 0.5) is 0 Å². The fourth-order valence-electron chi connectivity index (χ4n) is 3.41. The van der Waals surface area contributed by atoms with Gasteiger partial charge in [0, 0.05) is 31.7 Å². The first kappa shape index (κ1) is 12.3. The van der Waals surface area contributed by atoms with Crippen molar-refractivity contribution in [2.45, 2.75) is 38.5 Å². The van der Waals surface area contributed by atoms with Crippen LogP contribution < -0.4 is 0 Å². The molecule has 0 aromatic rings. The molecule has 2 rings (SSSR count). The number of rotatable bonds is 4. The van der Waals surface area contributed by atoms with Gasteiger partial charge < -0.3 is 15.1 Å². The van der Waals surface area contributed by atoms with Crippen molar-refractivity contribution in [3.05, 3.63) is 0 Å². The Morgan fingerprint density at radius 2 is 1.88 bits per heavy atom. The van der Waals surface area contributed by atoms with E-state index in [0.717, 1.165) is 19.6 Å². The lowest BCUT2D eigenvalue weighted by Crippen LogP contribution is -2.44. The van der Waals surface area contributed by atoms with Gasteiger partial charge in [-0.05, 0) is 38.1 Å². The van der Waals surface area contributed by atoms with Gasteiger partial charge in [-0.25, -0.2) is 0 Å². The Labute approximate surface area is 98.5 Å². The van der Waals surface area contributed by atoms with Crippen molar-refractivity contribution in [1.82, 2.24) is 4.90 Å². The maximum atomic E-state index is 9.59. The second kappa shape index (κ2) is 5.48. The largest absolute Gasteiger partial charge is 0.396 e. The molecule has 2 fully saturated rings. The predicted octanol–water partition coefficient (Wildman–Crippen LogP) is 1.24. The molecule has 1 atom stereocenters. The maximum absolute atomic E-state index is 9.59. The van der Waals surface area contributed by atoms with Crippen LogP contribution in [0.1, 0.15) is 38.5 Å². The van der Waals surface area contributed by atoms with Gasteiger partial charge in [-0.3, -0.25) is 0 Å². The molecule has 0 amide bonds. The Morgan fingerprint density at radius 3 is 2.50 bits per heavy atom. The molecule has 1 saturated carbocycles. The number of aliphatic hydroxyl groups is 2. The highest BCUT2D eigenvalue weighted by atomic mass is 16.3. The first-order valence-corrected chi connectivity index (χ1v) is 6.72. The molecule has 0 aromatic carbocycles. The normalized spacial score (nSPS) is 30.8. The number of piperidine rings is 1. The first-order valence-electron chi connectivity index (χ1n) is 6.72. The van der Waals surface area contributed by atoms with Crippen LogP contribution in [-0.4, -0.2) is 48.0 Å². The molecule has 16 heavy (non-hydrogen) atoms. The van der Waals surface area contributed by atoms with Crippen LogP contribution in [0, 0.1) is 11.3 Å². The summed E-state index contributed by atoms with van der Waals surface area (Å²) in [7, 11) is 0. The number of nitrogens with zero attached hydrogens (tertiary/aromatic N) is 1. The van der Waals surface area contributed by atoms with Crippen molar-refractivity contribution in [2.75, 3.05) is 32.8 Å². The van der Waals surface area contributed by atoms with Crippen LogP contribution in [-0.2, 0) is 0 Å². The second-order valence-electron chi connectivity index (χ2n) is 5.79. The molecule has 94 valence electrons. The Kier molecular flexibility index (Phi) is 4.22. The van der Waals surface area contributed by atoms with Gasteiger partial charge in [0.05, 0.1) is 0 Å². The van der Waals surface area contributed by atoms with Gasteiger partial charge in [0.1, 0.15) is 0 Å². The lowest BCUT2D eigenvalue weighted by molar-refractivity contribution is 0.0461. The molecule has 1 aliphatic heterocycles. The summed E-state index contributed by atoms with van der Waals surface area (Å²) < 4.78 is 0. The molecule has 0 aromatic heterocycles. The first-order chi connectivity index (χ1) is 7.78. The second-order valence-corrected chi connectivity index (χ2v) is 5.79. The van der Waals surface area contributed by atoms with E-state index in [1.165, 1.54) is 38.5 Å². The van der Waals surface area contributed by atoms with Crippen molar-refractivity contribution in [2.24, 2.45) is 11.3 Å². The van der Waals surface area contributed by atoms with Gasteiger partial charge >= 0.3 is 0 Å². The highest BCUT2D eigenvalue weighted by molar-refractivity contribution is 4.88. The van der Waals surface area contributed by atoms with Gasteiger partial charge in [0.25, 0.3) is 0 Å². The summed E-state index contributed by atoms with van der Waals surface area (Å²) in [5, 5.41) is 18.8. The summed E-state index contributed by atoms with van der Waals surface area (Å²) in [5.41, 5.74) is 0.178. The lowest BCUT2D eigenvalue weighted by atomic mass is 9.85. The molecule has 3 heteroatoms. The van der Waals surface area contributed by atoms with E-state index in [9.17, 15) is 10.2 Å². The number of hydrogen-bond acceptors (Lipinski definition) is 3. The molecule has 1 saturated heterocycles. The van der Waals surface area contributed by atoms with Crippen LogP contribution in [0.25, 0.3) is 0 Å². The third-order valence-electron chi connectivity index (χ3n) is 4.42. The van der Waals surface area contributed by atoms with Crippen LogP contribution in [0.3, 0.4) is 0 Å². The quantitative estimate of drug-likeness (QED) is 0.759. The third-order valence-corrected chi connectivity index (χ3v) is 4.42. The molecule has 0 spiro atoms. The molecule has 2 aliphatic rings. The standard InChI is InChI=1S/C13H25NO2/c15-9-12-4-3-7-14(8-12)10-13(11-16)5-1-2-6-13/h12,15-16H,1-11H2. The highest BCUT2D eigenvalue weighted by Crippen LogP contribution is 2.38. The fraction of sp³-hybridized carbons (Fsp3) is 1.00. The van der Waals surface area contributed by atoms with E-state index in [1.807, 2.05) is 0 Å². The zero-order valence-electron chi connectivity index (χ0n) is 10.2. The van der Waals surface area contributed by atoms with E-state index in [4.69, 9.17) is 0 Å². The Bertz CT molecular complexity index is 214. The van der Waals surface area contributed by atoms with Crippen molar-refractivity contribution in [3.63, 3.8) is 0 Å². The Hall–Kier alpha value is -0.120. The molecular formula is C13H25NO2. The number of hydrogen-bond donors (Lipinski definition) is 2. The van der Waals surface area contributed by atoms with E-state index >= 15 is 0 Å². The lowest BCUT2D eigenvalue weighted by Gasteiger charge is -2.38. The minimum Gasteiger partial charge on any atom is -0.396 e. The van der Waals surface area contributed by atoms with Gasteiger partial charge in [-0.2, -0.15) is 0 Å². The van der Waals surface area contributed by atoms with Crippen LogP contribution >= 0.6 is 0 Å². The van der Waals surface area contributed by atoms with E-state index < -0.39 is 0 Å². The molecule has 3 nitrogen and oxygen atoms in total. The topological polar surface area (TPSA) is 43.7 Å². The average Bonchev–Trinajstić information content (AvgIpc) is 2.78. The minimum absolute atomic E-state index is 0.178. The SMILES string of the molecule is OCC1CCCN(CC2(CO)CCCC2)C1. The minimum atomic E-state index is 0.178. The molecule has 2 N–H and O–H groups in total. The fourth-order valence-corrected chi connectivity index (χ4v) is 3.41. The molecule has 1 unspecified atom stereocenters. The zero-order valence-corrected chi connectivity index (χ0v) is 10.2. The summed E-state index contributed by atoms with van der Waals surface area (Å²) in [6, 6.07) is 0. The van der Waals surface area contributed by atoms with E-state index in [1.54, 1.807) is 0 Å². The summed E-state index contributed by atoms with van der Waals surface area (Å²) in [4.78, 5) is 2.46. The number of likely N-dealkylation sites (tertiary alicyclic amines) is 1. The zero-order chi connectivity index (χ0) is 11.4. The van der Waals surface area contributed by atoms with Crippen molar-refractivity contribution in [1.29, 1.82) is 0 Å². The van der Waals surface area contributed by atoms with Crippen LogP contribution in [0.15, 0.2) is 0 Å². The van der Waals surface area contributed by atoms with Gasteiger partial charge in [-0.15, -0.1) is 0 Å². The third kappa shape index (κ3) is 2.76. The van der Waals surface area contributed by atoms with Gasteiger partial charge in [0.15, 0.2) is 0 Å². The summed E-state index contributed by atoms with van der Waals surface area (Å²) >= 11 is 0. The molecule has 1 aliphatic carbocycles.